The van der Waals surface area contributed by atoms with Crippen molar-refractivity contribution in [2.45, 2.75) is 19.3 Å². The lowest BCUT2D eigenvalue weighted by Gasteiger charge is -2.28. The molecule has 11 rings (SSSR count). The summed E-state index contributed by atoms with van der Waals surface area (Å²) in [6.45, 7) is 4.65. The number of hydrogen-bond donors (Lipinski definition) is 0. The molecule has 0 spiro atoms. The maximum absolute atomic E-state index is 6.72. The van der Waals surface area contributed by atoms with Gasteiger partial charge in [0.15, 0.2) is 17.5 Å². The number of para-hydroxylation sites is 1. The summed E-state index contributed by atoms with van der Waals surface area (Å²) in [4.78, 5) is 17.7. The second-order valence-corrected chi connectivity index (χ2v) is 15.2. The molecular weight excluding hydrogens is 697 g/mol. The molecule has 0 N–H and O–H groups in total. The van der Waals surface area contributed by atoms with Crippen molar-refractivity contribution < 1.29 is 4.42 Å². The SMILES string of the molecule is CC1(C)c2ccccc2-c2ccc(N(c3ccccc3)c3ccc4c(c3)oc3cccc(-c5nc(-c6ccccc6)nc(-c6cccc7ccccc67)n5)c34)cc21. The fraction of sp³-hybridized carbons (Fsp3) is 0.0577. The smallest absolute Gasteiger partial charge is 0.164 e. The average molecular weight is 733 g/mol. The van der Waals surface area contributed by atoms with Crippen molar-refractivity contribution in [1.29, 1.82) is 0 Å². The van der Waals surface area contributed by atoms with Gasteiger partial charge in [-0.25, -0.2) is 15.0 Å². The molecule has 57 heavy (non-hydrogen) atoms. The van der Waals surface area contributed by atoms with E-state index in [9.17, 15) is 0 Å². The van der Waals surface area contributed by atoms with E-state index >= 15 is 0 Å². The molecule has 0 fully saturated rings. The van der Waals surface area contributed by atoms with E-state index in [1.165, 1.54) is 22.3 Å². The van der Waals surface area contributed by atoms with Gasteiger partial charge in [-0.3, -0.25) is 0 Å². The minimum absolute atomic E-state index is 0.119. The van der Waals surface area contributed by atoms with Gasteiger partial charge in [0.25, 0.3) is 0 Å². The van der Waals surface area contributed by atoms with E-state index < -0.39 is 0 Å². The maximum Gasteiger partial charge on any atom is 0.164 e. The van der Waals surface area contributed by atoms with Crippen molar-refractivity contribution >= 4 is 49.8 Å². The summed E-state index contributed by atoms with van der Waals surface area (Å²) >= 11 is 0. The molecule has 0 unspecified atom stereocenters. The largest absolute Gasteiger partial charge is 0.456 e. The third kappa shape index (κ3) is 5.35. The van der Waals surface area contributed by atoms with Crippen LogP contribution >= 0.6 is 0 Å². The van der Waals surface area contributed by atoms with Gasteiger partial charge in [-0.2, -0.15) is 0 Å². The van der Waals surface area contributed by atoms with Crippen LogP contribution in [0.5, 0.6) is 0 Å². The molecule has 5 nitrogen and oxygen atoms in total. The molecule has 270 valence electrons. The van der Waals surface area contributed by atoms with Gasteiger partial charge in [0.2, 0.25) is 0 Å². The Morgan fingerprint density at radius 1 is 0.421 bits per heavy atom. The molecule has 10 aromatic rings. The van der Waals surface area contributed by atoms with Gasteiger partial charge in [-0.05, 0) is 75.5 Å². The van der Waals surface area contributed by atoms with E-state index in [-0.39, 0.29) is 5.41 Å². The van der Waals surface area contributed by atoms with Gasteiger partial charge in [0, 0.05) is 56.0 Å². The molecule has 1 aliphatic rings. The number of benzene rings is 8. The molecule has 5 heteroatoms. The summed E-state index contributed by atoms with van der Waals surface area (Å²) in [7, 11) is 0. The van der Waals surface area contributed by atoms with Crippen molar-refractivity contribution in [3.8, 4) is 45.3 Å². The van der Waals surface area contributed by atoms with Crippen LogP contribution in [0.3, 0.4) is 0 Å². The van der Waals surface area contributed by atoms with E-state index in [0.29, 0.717) is 17.5 Å². The van der Waals surface area contributed by atoms with Crippen LogP contribution in [0.2, 0.25) is 0 Å². The summed E-state index contributed by atoms with van der Waals surface area (Å²) in [5.74, 6) is 1.84. The van der Waals surface area contributed by atoms with Crippen LogP contribution in [0, 0.1) is 0 Å². The highest BCUT2D eigenvalue weighted by molar-refractivity contribution is 6.12. The Labute approximate surface area is 330 Å². The van der Waals surface area contributed by atoms with Crippen LogP contribution in [-0.2, 0) is 5.41 Å². The van der Waals surface area contributed by atoms with Crippen LogP contribution in [0.15, 0.2) is 186 Å². The summed E-state index contributed by atoms with van der Waals surface area (Å²) in [5, 5.41) is 4.19. The normalized spacial score (nSPS) is 12.9. The van der Waals surface area contributed by atoms with Crippen molar-refractivity contribution in [2.75, 3.05) is 4.90 Å². The molecule has 8 aromatic carbocycles. The third-order valence-corrected chi connectivity index (χ3v) is 11.5. The minimum atomic E-state index is -0.119. The summed E-state index contributed by atoms with van der Waals surface area (Å²) in [5.41, 5.74) is 12.7. The Morgan fingerprint density at radius 2 is 1.04 bits per heavy atom. The molecule has 0 saturated carbocycles. The Hall–Kier alpha value is -7.37. The lowest BCUT2D eigenvalue weighted by atomic mass is 9.82. The average Bonchev–Trinajstić information content (AvgIpc) is 3.75. The highest BCUT2D eigenvalue weighted by Gasteiger charge is 2.35. The van der Waals surface area contributed by atoms with Crippen molar-refractivity contribution in [1.82, 2.24) is 15.0 Å². The first-order valence-corrected chi connectivity index (χ1v) is 19.4. The van der Waals surface area contributed by atoms with Crippen LogP contribution in [0.25, 0.3) is 78.0 Å². The topological polar surface area (TPSA) is 55.1 Å². The van der Waals surface area contributed by atoms with Gasteiger partial charge in [0.1, 0.15) is 11.2 Å². The molecule has 0 saturated heterocycles. The van der Waals surface area contributed by atoms with Crippen LogP contribution in [-0.4, -0.2) is 15.0 Å². The number of fused-ring (bicyclic) bond motifs is 7. The first-order valence-electron chi connectivity index (χ1n) is 19.4. The Balaban J connectivity index is 1.08. The van der Waals surface area contributed by atoms with E-state index in [1.807, 2.05) is 42.5 Å². The lowest BCUT2D eigenvalue weighted by molar-refractivity contribution is 0.660. The van der Waals surface area contributed by atoms with Crippen LogP contribution in [0.4, 0.5) is 17.1 Å². The zero-order valence-electron chi connectivity index (χ0n) is 31.5. The quantitative estimate of drug-likeness (QED) is 0.170. The summed E-state index contributed by atoms with van der Waals surface area (Å²) < 4.78 is 6.72. The molecule has 2 heterocycles. The van der Waals surface area contributed by atoms with E-state index in [0.717, 1.165) is 66.5 Å². The highest BCUT2D eigenvalue weighted by atomic mass is 16.3. The zero-order valence-corrected chi connectivity index (χ0v) is 31.5. The number of furan rings is 1. The first-order chi connectivity index (χ1) is 28.0. The number of aromatic nitrogens is 3. The highest BCUT2D eigenvalue weighted by Crippen LogP contribution is 2.51. The standard InChI is InChI=1S/C52H36N4O/c1-52(2)44-25-12-11-22-39(44)40-29-27-36(31-45(40)52)56(35-19-7-4-8-20-35)37-28-30-42-47(32-37)57-46-26-14-24-43(48(42)46)51-54-49(34-16-5-3-6-17-34)53-50(55-51)41-23-13-18-33-15-9-10-21-38(33)41/h3-32H,1-2H3. The Bertz CT molecular complexity index is 3160. The first kappa shape index (κ1) is 33.0. The number of nitrogens with zero attached hydrogens (tertiary/aromatic N) is 4. The fourth-order valence-electron chi connectivity index (χ4n) is 8.75. The lowest BCUT2D eigenvalue weighted by Crippen LogP contribution is -2.16. The molecule has 0 aliphatic heterocycles. The van der Waals surface area contributed by atoms with Gasteiger partial charge in [-0.1, -0.05) is 147 Å². The van der Waals surface area contributed by atoms with Crippen molar-refractivity contribution in [3.05, 3.63) is 193 Å². The Morgan fingerprint density at radius 3 is 1.89 bits per heavy atom. The molecule has 0 amide bonds. The fourth-order valence-corrected chi connectivity index (χ4v) is 8.75. The van der Waals surface area contributed by atoms with Crippen molar-refractivity contribution in [2.24, 2.45) is 0 Å². The Kier molecular flexibility index (Phi) is 7.45. The molecule has 2 aromatic heterocycles. The maximum atomic E-state index is 6.72. The van der Waals surface area contributed by atoms with Gasteiger partial charge in [0.05, 0.1) is 0 Å². The second-order valence-electron chi connectivity index (χ2n) is 15.2. The van der Waals surface area contributed by atoms with Crippen molar-refractivity contribution in [3.63, 3.8) is 0 Å². The van der Waals surface area contributed by atoms with Crippen LogP contribution < -0.4 is 4.90 Å². The van der Waals surface area contributed by atoms with Crippen LogP contribution in [0.1, 0.15) is 25.0 Å². The summed E-state index contributed by atoms with van der Waals surface area (Å²) in [6.07, 6.45) is 0. The van der Waals surface area contributed by atoms with E-state index in [2.05, 4.69) is 158 Å². The molecular formula is C52H36N4O. The number of hydrogen-bond acceptors (Lipinski definition) is 5. The van der Waals surface area contributed by atoms with E-state index in [4.69, 9.17) is 19.4 Å². The molecule has 0 bridgehead atoms. The van der Waals surface area contributed by atoms with E-state index in [1.54, 1.807) is 0 Å². The summed E-state index contributed by atoms with van der Waals surface area (Å²) in [6, 6.07) is 63.6. The number of anilines is 3. The zero-order chi connectivity index (χ0) is 38.1. The number of rotatable bonds is 6. The predicted molar refractivity (Wildman–Crippen MR) is 233 cm³/mol. The second kappa shape index (κ2) is 12.9. The van der Waals surface area contributed by atoms with Gasteiger partial charge >= 0.3 is 0 Å². The third-order valence-electron chi connectivity index (χ3n) is 11.5. The van der Waals surface area contributed by atoms with Gasteiger partial charge in [-0.15, -0.1) is 0 Å². The molecule has 0 atom stereocenters. The molecule has 1 aliphatic carbocycles. The predicted octanol–water partition coefficient (Wildman–Crippen LogP) is 13.7. The minimum Gasteiger partial charge on any atom is -0.456 e. The molecule has 0 radical (unpaired) electrons. The monoisotopic (exact) mass is 732 g/mol. The van der Waals surface area contributed by atoms with Gasteiger partial charge < -0.3 is 9.32 Å².